The standard InChI is InChI=1S/C29H28F4O2/c1-2-35-25-16-13-22(26(30)29(25)33)12-5-18-3-8-20(9-4-18)23-14-15-24(28(32)27(23)31)21-10-6-19(17-34)7-11-21/h5-7,10-16,18,20,34H,2-4,8-9,17H2,1H3/b12-5+. The predicted octanol–water partition coefficient (Wildman–Crippen LogP) is 7.79. The Morgan fingerprint density at radius 1 is 0.829 bits per heavy atom. The summed E-state index contributed by atoms with van der Waals surface area (Å²) in [5, 5.41) is 9.17. The lowest BCUT2D eigenvalue weighted by Gasteiger charge is -2.27. The van der Waals surface area contributed by atoms with Crippen LogP contribution in [0.3, 0.4) is 0 Å². The summed E-state index contributed by atoms with van der Waals surface area (Å²) >= 11 is 0. The van der Waals surface area contributed by atoms with Crippen molar-refractivity contribution in [2.24, 2.45) is 5.92 Å². The third-order valence-corrected chi connectivity index (χ3v) is 6.70. The molecule has 0 unspecified atom stereocenters. The molecular weight excluding hydrogens is 456 g/mol. The molecule has 0 atom stereocenters. The Labute approximate surface area is 202 Å². The van der Waals surface area contributed by atoms with Crippen LogP contribution in [-0.4, -0.2) is 11.7 Å². The van der Waals surface area contributed by atoms with Crippen LogP contribution in [0.1, 0.15) is 55.2 Å². The summed E-state index contributed by atoms with van der Waals surface area (Å²) in [6.07, 6.45) is 6.29. The van der Waals surface area contributed by atoms with E-state index in [0.29, 0.717) is 29.5 Å². The fourth-order valence-corrected chi connectivity index (χ4v) is 4.70. The Morgan fingerprint density at radius 2 is 1.54 bits per heavy atom. The van der Waals surface area contributed by atoms with Crippen LogP contribution in [0.2, 0.25) is 0 Å². The van der Waals surface area contributed by atoms with Crippen molar-refractivity contribution in [3.05, 3.63) is 94.6 Å². The van der Waals surface area contributed by atoms with Crippen LogP contribution in [0.25, 0.3) is 17.2 Å². The average Bonchev–Trinajstić information content (AvgIpc) is 2.88. The molecule has 1 saturated carbocycles. The third-order valence-electron chi connectivity index (χ3n) is 6.70. The normalized spacial score (nSPS) is 18.2. The van der Waals surface area contributed by atoms with Crippen molar-refractivity contribution in [2.45, 2.75) is 45.1 Å². The minimum Gasteiger partial charge on any atom is -0.491 e. The van der Waals surface area contributed by atoms with Gasteiger partial charge in [-0.2, -0.15) is 4.39 Å². The molecule has 2 nitrogen and oxygen atoms in total. The summed E-state index contributed by atoms with van der Waals surface area (Å²) < 4.78 is 63.4. The minimum absolute atomic E-state index is 0.0976. The number of halogens is 4. The third kappa shape index (κ3) is 5.43. The molecule has 3 aromatic rings. The van der Waals surface area contributed by atoms with Crippen molar-refractivity contribution in [1.82, 2.24) is 0 Å². The van der Waals surface area contributed by atoms with Gasteiger partial charge in [0.2, 0.25) is 5.82 Å². The maximum atomic E-state index is 15.0. The number of aliphatic hydroxyl groups excluding tert-OH is 1. The van der Waals surface area contributed by atoms with Gasteiger partial charge >= 0.3 is 0 Å². The second-order valence-electron chi connectivity index (χ2n) is 8.87. The highest BCUT2D eigenvalue weighted by atomic mass is 19.2. The van der Waals surface area contributed by atoms with Gasteiger partial charge in [0.25, 0.3) is 0 Å². The Kier molecular flexibility index (Phi) is 7.91. The van der Waals surface area contributed by atoms with Crippen molar-refractivity contribution in [2.75, 3.05) is 6.61 Å². The zero-order valence-electron chi connectivity index (χ0n) is 19.5. The molecule has 1 fully saturated rings. The molecule has 0 amide bonds. The molecule has 0 heterocycles. The topological polar surface area (TPSA) is 29.5 Å². The molecule has 3 aromatic carbocycles. The van der Waals surface area contributed by atoms with E-state index in [1.54, 1.807) is 49.4 Å². The van der Waals surface area contributed by atoms with Gasteiger partial charge in [-0.3, -0.25) is 0 Å². The maximum absolute atomic E-state index is 15.0. The number of hydrogen-bond donors (Lipinski definition) is 1. The fraction of sp³-hybridized carbons (Fsp3) is 0.310. The number of benzene rings is 3. The highest BCUT2D eigenvalue weighted by Gasteiger charge is 2.26. The van der Waals surface area contributed by atoms with Gasteiger partial charge in [-0.25, -0.2) is 13.2 Å². The molecule has 0 bridgehead atoms. The largest absolute Gasteiger partial charge is 0.491 e. The van der Waals surface area contributed by atoms with Gasteiger partial charge < -0.3 is 9.84 Å². The fourth-order valence-electron chi connectivity index (χ4n) is 4.70. The van der Waals surface area contributed by atoms with Crippen LogP contribution < -0.4 is 4.74 Å². The average molecular weight is 485 g/mol. The number of aliphatic hydroxyl groups is 1. The van der Waals surface area contributed by atoms with Gasteiger partial charge in [-0.1, -0.05) is 48.6 Å². The van der Waals surface area contributed by atoms with Crippen LogP contribution >= 0.6 is 0 Å². The van der Waals surface area contributed by atoms with Gasteiger partial charge in [-0.05, 0) is 73.3 Å². The highest BCUT2D eigenvalue weighted by molar-refractivity contribution is 5.65. The Bertz CT molecular complexity index is 1200. The first-order chi connectivity index (χ1) is 16.9. The van der Waals surface area contributed by atoms with Crippen LogP contribution in [0, 0.1) is 29.2 Å². The Hall–Kier alpha value is -3.12. The van der Waals surface area contributed by atoms with Gasteiger partial charge in [0.15, 0.2) is 23.2 Å². The van der Waals surface area contributed by atoms with E-state index in [1.165, 1.54) is 12.1 Å². The lowest BCUT2D eigenvalue weighted by molar-refractivity contribution is 0.282. The molecule has 35 heavy (non-hydrogen) atoms. The number of rotatable bonds is 7. The van der Waals surface area contributed by atoms with Crippen molar-refractivity contribution in [3.63, 3.8) is 0 Å². The summed E-state index contributed by atoms with van der Waals surface area (Å²) in [5.41, 5.74) is 1.98. The van der Waals surface area contributed by atoms with Crippen LogP contribution in [0.15, 0.2) is 54.6 Å². The molecule has 0 saturated heterocycles. The Morgan fingerprint density at radius 3 is 2.20 bits per heavy atom. The van der Waals surface area contributed by atoms with Crippen LogP contribution in [0.5, 0.6) is 5.75 Å². The predicted molar refractivity (Wildman–Crippen MR) is 129 cm³/mol. The molecule has 6 heteroatoms. The molecule has 4 rings (SSSR count). The summed E-state index contributed by atoms with van der Waals surface area (Å²) in [5.74, 6) is -3.68. The lowest BCUT2D eigenvalue weighted by Crippen LogP contribution is -2.13. The summed E-state index contributed by atoms with van der Waals surface area (Å²) in [6.45, 7) is 1.84. The SMILES string of the molecule is CCOc1ccc(/C=C/C2CCC(c3ccc(-c4ccc(CO)cc4)c(F)c3F)CC2)c(F)c1F. The molecule has 1 aliphatic rings. The monoisotopic (exact) mass is 484 g/mol. The smallest absolute Gasteiger partial charge is 0.201 e. The molecule has 0 aliphatic heterocycles. The minimum atomic E-state index is -0.997. The van der Waals surface area contributed by atoms with E-state index < -0.39 is 23.3 Å². The van der Waals surface area contributed by atoms with E-state index in [-0.39, 0.29) is 41.9 Å². The van der Waals surface area contributed by atoms with E-state index >= 15 is 0 Å². The zero-order chi connectivity index (χ0) is 24.9. The molecule has 0 spiro atoms. The van der Waals surface area contributed by atoms with E-state index in [0.717, 1.165) is 12.8 Å². The zero-order valence-corrected chi connectivity index (χ0v) is 19.5. The lowest BCUT2D eigenvalue weighted by atomic mass is 9.78. The second kappa shape index (κ2) is 11.1. The highest BCUT2D eigenvalue weighted by Crippen LogP contribution is 2.39. The summed E-state index contributed by atoms with van der Waals surface area (Å²) in [4.78, 5) is 0. The molecule has 1 aliphatic carbocycles. The first-order valence-corrected chi connectivity index (χ1v) is 11.9. The number of allylic oxidation sites excluding steroid dienone is 1. The summed E-state index contributed by atoms with van der Waals surface area (Å²) in [6, 6.07) is 12.9. The van der Waals surface area contributed by atoms with E-state index in [2.05, 4.69) is 0 Å². The van der Waals surface area contributed by atoms with E-state index in [1.807, 2.05) is 6.08 Å². The number of ether oxygens (including phenoxy) is 1. The van der Waals surface area contributed by atoms with Crippen molar-refractivity contribution >= 4 is 6.08 Å². The van der Waals surface area contributed by atoms with Crippen molar-refractivity contribution in [1.29, 1.82) is 0 Å². The van der Waals surface area contributed by atoms with E-state index in [9.17, 15) is 17.6 Å². The Balaban J connectivity index is 1.42. The first-order valence-electron chi connectivity index (χ1n) is 11.9. The second-order valence-corrected chi connectivity index (χ2v) is 8.87. The number of hydrogen-bond acceptors (Lipinski definition) is 2. The van der Waals surface area contributed by atoms with E-state index in [4.69, 9.17) is 9.84 Å². The van der Waals surface area contributed by atoms with Gasteiger partial charge in [0.1, 0.15) is 0 Å². The van der Waals surface area contributed by atoms with Gasteiger partial charge in [-0.15, -0.1) is 0 Å². The van der Waals surface area contributed by atoms with Crippen molar-refractivity contribution in [3.8, 4) is 16.9 Å². The quantitative estimate of drug-likeness (QED) is 0.347. The van der Waals surface area contributed by atoms with Gasteiger partial charge in [0, 0.05) is 11.1 Å². The maximum Gasteiger partial charge on any atom is 0.201 e. The van der Waals surface area contributed by atoms with Crippen molar-refractivity contribution < 1.29 is 27.4 Å². The van der Waals surface area contributed by atoms with Gasteiger partial charge in [0.05, 0.1) is 13.2 Å². The molecule has 1 N–H and O–H groups in total. The molecule has 184 valence electrons. The molecule has 0 aromatic heterocycles. The first kappa shape index (κ1) is 25.0. The van der Waals surface area contributed by atoms with Crippen LogP contribution in [0.4, 0.5) is 17.6 Å². The molecule has 0 radical (unpaired) electrons. The molecular formula is C29H28F4O2. The van der Waals surface area contributed by atoms with Crippen LogP contribution in [-0.2, 0) is 6.61 Å². The summed E-state index contributed by atoms with van der Waals surface area (Å²) in [7, 11) is 0.